The number of amides is 1. The Labute approximate surface area is 155 Å². The standard InChI is InChI=1S/C19H20N2O2S2/c1-11-10-24-18(20-11)16-14-6-2-3-8-15(14)25-19(16)21-17(23)13-7-4-5-12(13)9-22/h9-10H,2-8H2,1H3,(H,21,23). The summed E-state index contributed by atoms with van der Waals surface area (Å²) in [4.78, 5) is 30.0. The van der Waals surface area contributed by atoms with E-state index in [4.69, 9.17) is 0 Å². The van der Waals surface area contributed by atoms with Gasteiger partial charge in [-0.05, 0) is 57.4 Å². The van der Waals surface area contributed by atoms with Gasteiger partial charge in [0.05, 0.1) is 0 Å². The zero-order valence-electron chi connectivity index (χ0n) is 14.2. The van der Waals surface area contributed by atoms with Crippen molar-refractivity contribution in [2.75, 3.05) is 5.32 Å². The number of hydrogen-bond acceptors (Lipinski definition) is 5. The fourth-order valence-electron chi connectivity index (χ4n) is 3.68. The van der Waals surface area contributed by atoms with E-state index in [1.807, 2.05) is 6.92 Å². The molecule has 0 fully saturated rings. The van der Waals surface area contributed by atoms with Gasteiger partial charge in [-0.25, -0.2) is 4.98 Å². The molecule has 2 aromatic heterocycles. The first-order chi connectivity index (χ1) is 12.2. The molecule has 4 rings (SSSR count). The molecule has 6 heteroatoms. The number of aryl methyl sites for hydroxylation is 2. The maximum absolute atomic E-state index is 12.7. The molecular weight excluding hydrogens is 352 g/mol. The van der Waals surface area contributed by atoms with Gasteiger partial charge in [0.2, 0.25) is 0 Å². The first-order valence-electron chi connectivity index (χ1n) is 8.73. The first kappa shape index (κ1) is 16.7. The van der Waals surface area contributed by atoms with Crippen molar-refractivity contribution >= 4 is 39.9 Å². The van der Waals surface area contributed by atoms with E-state index >= 15 is 0 Å². The molecule has 2 heterocycles. The normalized spacial score (nSPS) is 16.8. The molecule has 0 atom stereocenters. The maximum atomic E-state index is 12.7. The molecule has 0 aliphatic heterocycles. The summed E-state index contributed by atoms with van der Waals surface area (Å²) in [5, 5.41) is 7.05. The van der Waals surface area contributed by atoms with Crippen molar-refractivity contribution in [3.05, 3.63) is 32.7 Å². The first-order valence-corrected chi connectivity index (χ1v) is 10.4. The largest absolute Gasteiger partial charge is 0.313 e. The number of aromatic nitrogens is 1. The number of rotatable bonds is 4. The number of aldehydes is 1. The van der Waals surface area contributed by atoms with Crippen LogP contribution in [0.2, 0.25) is 0 Å². The molecule has 0 aromatic carbocycles. The van der Waals surface area contributed by atoms with Crippen LogP contribution >= 0.6 is 22.7 Å². The number of carbonyl (C=O) groups is 2. The third-order valence-electron chi connectivity index (χ3n) is 4.91. The maximum Gasteiger partial charge on any atom is 0.252 e. The molecule has 0 bridgehead atoms. The van der Waals surface area contributed by atoms with Gasteiger partial charge in [0.25, 0.3) is 5.91 Å². The molecular formula is C19H20N2O2S2. The van der Waals surface area contributed by atoms with Gasteiger partial charge < -0.3 is 5.32 Å². The van der Waals surface area contributed by atoms with E-state index in [1.54, 1.807) is 22.7 Å². The van der Waals surface area contributed by atoms with Crippen LogP contribution in [0.25, 0.3) is 10.6 Å². The topological polar surface area (TPSA) is 59.1 Å². The molecule has 0 radical (unpaired) electrons. The molecule has 2 aliphatic carbocycles. The summed E-state index contributed by atoms with van der Waals surface area (Å²) in [6.45, 7) is 2.00. The number of thiophene rings is 1. The van der Waals surface area contributed by atoms with Crippen molar-refractivity contribution in [3.63, 3.8) is 0 Å². The summed E-state index contributed by atoms with van der Waals surface area (Å²) >= 11 is 3.32. The number of fused-ring (bicyclic) bond motifs is 1. The quantitative estimate of drug-likeness (QED) is 0.793. The number of nitrogens with one attached hydrogen (secondary N) is 1. The Morgan fingerprint density at radius 1 is 1.20 bits per heavy atom. The lowest BCUT2D eigenvalue weighted by Crippen LogP contribution is -2.14. The van der Waals surface area contributed by atoms with Gasteiger partial charge in [0.15, 0.2) is 0 Å². The Hall–Kier alpha value is -1.79. The number of anilines is 1. The van der Waals surface area contributed by atoms with Gasteiger partial charge in [-0.3, -0.25) is 9.59 Å². The number of nitrogens with zero attached hydrogens (tertiary/aromatic N) is 1. The monoisotopic (exact) mass is 372 g/mol. The average molecular weight is 373 g/mol. The van der Waals surface area contributed by atoms with Crippen LogP contribution in [0.4, 0.5) is 5.00 Å². The number of hydrogen-bond donors (Lipinski definition) is 1. The number of carbonyl (C=O) groups excluding carboxylic acids is 2. The highest BCUT2D eigenvalue weighted by Crippen LogP contribution is 2.45. The van der Waals surface area contributed by atoms with Gasteiger partial charge in [-0.15, -0.1) is 22.7 Å². The van der Waals surface area contributed by atoms with E-state index in [2.05, 4.69) is 15.7 Å². The van der Waals surface area contributed by atoms with Gasteiger partial charge in [0, 0.05) is 32.7 Å². The van der Waals surface area contributed by atoms with Crippen LogP contribution in [-0.2, 0) is 22.4 Å². The van der Waals surface area contributed by atoms with Gasteiger partial charge >= 0.3 is 0 Å². The molecule has 0 spiro atoms. The zero-order valence-corrected chi connectivity index (χ0v) is 15.8. The molecule has 2 aromatic rings. The molecule has 130 valence electrons. The Morgan fingerprint density at radius 3 is 2.80 bits per heavy atom. The van der Waals surface area contributed by atoms with E-state index in [-0.39, 0.29) is 5.91 Å². The molecule has 0 saturated carbocycles. The number of allylic oxidation sites excluding steroid dienone is 1. The Morgan fingerprint density at radius 2 is 2.04 bits per heavy atom. The highest BCUT2D eigenvalue weighted by Gasteiger charge is 2.27. The van der Waals surface area contributed by atoms with Gasteiger partial charge in [-0.2, -0.15) is 0 Å². The predicted molar refractivity (Wildman–Crippen MR) is 102 cm³/mol. The van der Waals surface area contributed by atoms with Crippen LogP contribution in [0, 0.1) is 6.92 Å². The minimum absolute atomic E-state index is 0.118. The minimum atomic E-state index is -0.118. The van der Waals surface area contributed by atoms with E-state index in [0.717, 1.165) is 46.8 Å². The Kier molecular flexibility index (Phi) is 4.56. The Balaban J connectivity index is 1.73. The van der Waals surface area contributed by atoms with Crippen LogP contribution in [0.1, 0.15) is 48.2 Å². The molecule has 4 nitrogen and oxygen atoms in total. The summed E-state index contributed by atoms with van der Waals surface area (Å²) in [5.41, 5.74) is 4.79. The lowest BCUT2D eigenvalue weighted by Gasteiger charge is -2.12. The second kappa shape index (κ2) is 6.84. The summed E-state index contributed by atoms with van der Waals surface area (Å²) in [6, 6.07) is 0. The summed E-state index contributed by atoms with van der Waals surface area (Å²) < 4.78 is 0. The van der Waals surface area contributed by atoms with Crippen LogP contribution in [0.3, 0.4) is 0 Å². The highest BCUT2D eigenvalue weighted by atomic mass is 32.1. The summed E-state index contributed by atoms with van der Waals surface area (Å²) in [7, 11) is 0. The van der Waals surface area contributed by atoms with Gasteiger partial charge in [0.1, 0.15) is 16.3 Å². The van der Waals surface area contributed by atoms with E-state index in [9.17, 15) is 9.59 Å². The van der Waals surface area contributed by atoms with Gasteiger partial charge in [-0.1, -0.05) is 0 Å². The van der Waals surface area contributed by atoms with Crippen LogP contribution in [0.5, 0.6) is 0 Å². The molecule has 25 heavy (non-hydrogen) atoms. The minimum Gasteiger partial charge on any atom is -0.313 e. The molecule has 0 saturated heterocycles. The Bertz CT molecular complexity index is 876. The van der Waals surface area contributed by atoms with E-state index in [0.29, 0.717) is 24.0 Å². The molecule has 1 N–H and O–H groups in total. The van der Waals surface area contributed by atoms with Crippen molar-refractivity contribution in [2.45, 2.75) is 51.9 Å². The lowest BCUT2D eigenvalue weighted by molar-refractivity contribution is -0.113. The lowest BCUT2D eigenvalue weighted by atomic mass is 9.95. The van der Waals surface area contributed by atoms with Crippen molar-refractivity contribution < 1.29 is 9.59 Å². The van der Waals surface area contributed by atoms with Crippen molar-refractivity contribution in [1.29, 1.82) is 0 Å². The second-order valence-corrected chi connectivity index (χ2v) is 8.60. The number of thiazole rings is 1. The van der Waals surface area contributed by atoms with Crippen LogP contribution < -0.4 is 5.32 Å². The SMILES string of the molecule is Cc1csc(-c2c(NC(=O)C3=C(C=O)CCC3)sc3c2CCCC3)n1. The predicted octanol–water partition coefficient (Wildman–Crippen LogP) is 4.68. The zero-order chi connectivity index (χ0) is 17.4. The second-order valence-electron chi connectivity index (χ2n) is 6.64. The van der Waals surface area contributed by atoms with Crippen molar-refractivity contribution in [1.82, 2.24) is 4.98 Å². The molecule has 1 amide bonds. The van der Waals surface area contributed by atoms with E-state index < -0.39 is 0 Å². The fourth-order valence-corrected chi connectivity index (χ4v) is 5.91. The van der Waals surface area contributed by atoms with Crippen LogP contribution in [-0.4, -0.2) is 17.2 Å². The molecule has 2 aliphatic rings. The van der Waals surface area contributed by atoms with E-state index in [1.165, 1.54) is 23.3 Å². The average Bonchev–Trinajstić information content (AvgIpc) is 3.31. The summed E-state index contributed by atoms with van der Waals surface area (Å²) in [6.07, 6.45) is 7.66. The van der Waals surface area contributed by atoms with Crippen LogP contribution in [0.15, 0.2) is 16.5 Å². The third kappa shape index (κ3) is 3.09. The fraction of sp³-hybridized carbons (Fsp3) is 0.421. The summed E-state index contributed by atoms with van der Waals surface area (Å²) in [5.74, 6) is -0.118. The smallest absolute Gasteiger partial charge is 0.252 e. The van der Waals surface area contributed by atoms with Crippen molar-refractivity contribution in [2.24, 2.45) is 0 Å². The third-order valence-corrected chi connectivity index (χ3v) is 7.09. The van der Waals surface area contributed by atoms with Crippen molar-refractivity contribution in [3.8, 4) is 10.6 Å². The molecule has 0 unspecified atom stereocenters. The highest BCUT2D eigenvalue weighted by molar-refractivity contribution is 7.18.